The van der Waals surface area contributed by atoms with E-state index in [1.807, 2.05) is 17.0 Å². The van der Waals surface area contributed by atoms with Crippen LogP contribution in [-0.4, -0.2) is 104 Å². The number of alkyl halides is 2. The normalized spacial score (nSPS) is 27.0. The fraction of sp³-hybridized carbons (Fsp3) is 0.733. The van der Waals surface area contributed by atoms with Gasteiger partial charge >= 0.3 is 0 Å². The van der Waals surface area contributed by atoms with E-state index in [9.17, 15) is 8.78 Å². The van der Waals surface area contributed by atoms with Crippen molar-refractivity contribution in [2.75, 3.05) is 70.8 Å². The quantitative estimate of drug-likeness (QED) is 0.311. The van der Waals surface area contributed by atoms with Gasteiger partial charge in [0.05, 0.1) is 37.1 Å². The van der Waals surface area contributed by atoms with Crippen LogP contribution in [0.25, 0.3) is 10.9 Å². The number of nitrogens with one attached hydrogen (secondary N) is 1. The van der Waals surface area contributed by atoms with Crippen molar-refractivity contribution in [3.8, 4) is 11.5 Å². The predicted octanol–water partition coefficient (Wildman–Crippen LogP) is 5.00. The minimum Gasteiger partial charge on any atom is -0.493 e. The van der Waals surface area contributed by atoms with E-state index in [2.05, 4.69) is 43.1 Å². The van der Waals surface area contributed by atoms with E-state index in [-0.39, 0.29) is 38.1 Å². The lowest BCUT2D eigenvalue weighted by molar-refractivity contribution is -0.0863. The SMILES string of the molecule is COc1cc2c(N[C@]3(N(C)C)C[C@@H](C)O[C@@H](C)C3)nc(N3CCC(F)(F)CC3)nc2cc1OCCCN1CCCC1. The number of anilines is 2. The molecule has 1 N–H and O–H groups in total. The zero-order valence-electron chi connectivity index (χ0n) is 25.2. The molecular formula is C30H46F2N6O3. The van der Waals surface area contributed by atoms with Crippen LogP contribution in [0.1, 0.15) is 58.8 Å². The second-order valence-corrected chi connectivity index (χ2v) is 12.2. The van der Waals surface area contributed by atoms with Gasteiger partial charge in [0, 0.05) is 56.8 Å². The molecule has 0 unspecified atom stereocenters. The van der Waals surface area contributed by atoms with Gasteiger partial charge in [0.25, 0.3) is 5.92 Å². The van der Waals surface area contributed by atoms with Gasteiger partial charge in [-0.3, -0.25) is 4.90 Å². The van der Waals surface area contributed by atoms with E-state index in [1.165, 1.54) is 12.8 Å². The molecule has 0 bridgehead atoms. The summed E-state index contributed by atoms with van der Waals surface area (Å²) in [6.07, 6.45) is 4.68. The third-order valence-corrected chi connectivity index (χ3v) is 8.74. The van der Waals surface area contributed by atoms with Crippen molar-refractivity contribution >= 4 is 22.7 Å². The van der Waals surface area contributed by atoms with Crippen molar-refractivity contribution in [2.45, 2.75) is 82.6 Å². The van der Waals surface area contributed by atoms with Gasteiger partial charge < -0.3 is 29.3 Å². The van der Waals surface area contributed by atoms with E-state index in [0.717, 1.165) is 44.3 Å². The lowest BCUT2D eigenvalue weighted by Crippen LogP contribution is -2.58. The molecule has 3 aliphatic heterocycles. The van der Waals surface area contributed by atoms with E-state index in [0.29, 0.717) is 35.4 Å². The van der Waals surface area contributed by atoms with Crippen LogP contribution in [0.15, 0.2) is 12.1 Å². The fourth-order valence-corrected chi connectivity index (χ4v) is 6.47. The summed E-state index contributed by atoms with van der Waals surface area (Å²) in [4.78, 5) is 16.4. The number of hydrogen-bond acceptors (Lipinski definition) is 9. The smallest absolute Gasteiger partial charge is 0.251 e. The number of fused-ring (bicyclic) bond motifs is 1. The predicted molar refractivity (Wildman–Crippen MR) is 158 cm³/mol. The average Bonchev–Trinajstić information content (AvgIpc) is 3.43. The Bertz CT molecular complexity index is 1170. The van der Waals surface area contributed by atoms with Crippen molar-refractivity contribution in [2.24, 2.45) is 0 Å². The second-order valence-electron chi connectivity index (χ2n) is 12.2. The van der Waals surface area contributed by atoms with Crippen LogP contribution < -0.4 is 19.7 Å². The molecule has 3 atom stereocenters. The molecular weight excluding hydrogens is 530 g/mol. The molecule has 4 heterocycles. The first-order chi connectivity index (χ1) is 19.6. The first-order valence-electron chi connectivity index (χ1n) is 15.1. The first kappa shape index (κ1) is 30.0. The molecule has 0 aliphatic carbocycles. The number of aromatic nitrogens is 2. The second kappa shape index (κ2) is 12.4. The number of ether oxygens (including phenoxy) is 3. The number of methoxy groups -OCH3 is 1. The van der Waals surface area contributed by atoms with Gasteiger partial charge in [0.2, 0.25) is 5.95 Å². The lowest BCUT2D eigenvalue weighted by atomic mass is 9.91. The Labute approximate surface area is 242 Å². The molecule has 3 saturated heterocycles. The Morgan fingerprint density at radius 3 is 2.34 bits per heavy atom. The standard InChI is InChI=1S/C30H46F2N6O3/c1-21-19-30(36(3)4,20-22(2)41-21)35-27-23-17-25(39-5)26(40-16-8-13-37-11-6-7-12-37)18-24(23)33-28(34-27)38-14-9-29(31,32)10-15-38/h17-18,21-22H,6-16,19-20H2,1-5H3,(H,33,34,35)/t21-,22+,30+. The highest BCUT2D eigenvalue weighted by atomic mass is 19.3. The molecule has 3 aliphatic rings. The maximum Gasteiger partial charge on any atom is 0.251 e. The van der Waals surface area contributed by atoms with Crippen LogP contribution in [0.2, 0.25) is 0 Å². The third kappa shape index (κ3) is 6.94. The summed E-state index contributed by atoms with van der Waals surface area (Å²) in [7, 11) is 5.75. The summed E-state index contributed by atoms with van der Waals surface area (Å²) in [5.74, 6) is -0.318. The molecule has 228 valence electrons. The number of benzene rings is 1. The Kier molecular flexibility index (Phi) is 9.06. The van der Waals surface area contributed by atoms with Crippen molar-refractivity contribution in [1.82, 2.24) is 19.8 Å². The molecule has 0 saturated carbocycles. The summed E-state index contributed by atoms with van der Waals surface area (Å²) in [5.41, 5.74) is 0.273. The number of piperidine rings is 1. The van der Waals surface area contributed by atoms with E-state index in [1.54, 1.807) is 7.11 Å². The zero-order chi connectivity index (χ0) is 29.2. The molecule has 9 nitrogen and oxygen atoms in total. The highest BCUT2D eigenvalue weighted by molar-refractivity contribution is 5.93. The molecule has 0 radical (unpaired) electrons. The molecule has 11 heteroatoms. The van der Waals surface area contributed by atoms with Gasteiger partial charge in [0.1, 0.15) is 5.82 Å². The summed E-state index contributed by atoms with van der Waals surface area (Å²) in [5, 5.41) is 4.56. The number of rotatable bonds is 10. The van der Waals surface area contributed by atoms with Crippen LogP contribution >= 0.6 is 0 Å². The lowest BCUT2D eigenvalue weighted by Gasteiger charge is -2.48. The minimum absolute atomic E-state index is 0.0562. The first-order valence-corrected chi connectivity index (χ1v) is 15.1. The number of halogens is 2. The Balaban J connectivity index is 1.49. The molecule has 5 rings (SSSR count). The monoisotopic (exact) mass is 576 g/mol. The summed E-state index contributed by atoms with van der Waals surface area (Å²) >= 11 is 0. The van der Waals surface area contributed by atoms with Gasteiger partial charge in [-0.05, 0) is 66.4 Å². The Hall–Kier alpha value is -2.50. The maximum atomic E-state index is 14.0. The van der Waals surface area contributed by atoms with Gasteiger partial charge in [-0.25, -0.2) is 13.8 Å². The highest BCUT2D eigenvalue weighted by Gasteiger charge is 2.42. The molecule has 1 aromatic heterocycles. The zero-order valence-corrected chi connectivity index (χ0v) is 25.2. The topological polar surface area (TPSA) is 75.2 Å². The maximum absolute atomic E-state index is 14.0. The van der Waals surface area contributed by atoms with Crippen molar-refractivity contribution in [3.05, 3.63) is 12.1 Å². The van der Waals surface area contributed by atoms with Gasteiger partial charge in [0.15, 0.2) is 11.5 Å². The van der Waals surface area contributed by atoms with Crippen molar-refractivity contribution in [3.63, 3.8) is 0 Å². The molecule has 1 aromatic carbocycles. The highest BCUT2D eigenvalue weighted by Crippen LogP contribution is 2.40. The van der Waals surface area contributed by atoms with Gasteiger partial charge in [-0.2, -0.15) is 4.98 Å². The number of nitrogens with zero attached hydrogens (tertiary/aromatic N) is 5. The summed E-state index contributed by atoms with van der Waals surface area (Å²) in [6.45, 7) is 8.49. The molecule has 0 amide bonds. The van der Waals surface area contributed by atoms with Crippen LogP contribution in [0, 0.1) is 0 Å². The largest absolute Gasteiger partial charge is 0.493 e. The Morgan fingerprint density at radius 1 is 1.02 bits per heavy atom. The summed E-state index contributed by atoms with van der Waals surface area (Å²) in [6, 6.07) is 3.83. The van der Waals surface area contributed by atoms with E-state index < -0.39 is 11.6 Å². The van der Waals surface area contributed by atoms with Crippen LogP contribution in [0.3, 0.4) is 0 Å². The molecule has 3 fully saturated rings. The molecule has 0 spiro atoms. The van der Waals surface area contributed by atoms with Gasteiger partial charge in [-0.15, -0.1) is 0 Å². The molecule has 2 aromatic rings. The van der Waals surface area contributed by atoms with Crippen LogP contribution in [0.5, 0.6) is 11.5 Å². The van der Waals surface area contributed by atoms with Crippen molar-refractivity contribution < 1.29 is 23.0 Å². The average molecular weight is 577 g/mol. The number of likely N-dealkylation sites (tertiary alicyclic amines) is 1. The van der Waals surface area contributed by atoms with Crippen LogP contribution in [0.4, 0.5) is 20.5 Å². The number of hydrogen-bond donors (Lipinski definition) is 1. The van der Waals surface area contributed by atoms with Crippen LogP contribution in [-0.2, 0) is 4.74 Å². The summed E-state index contributed by atoms with van der Waals surface area (Å²) < 4.78 is 46.0. The van der Waals surface area contributed by atoms with E-state index in [4.69, 9.17) is 24.2 Å². The molecule has 41 heavy (non-hydrogen) atoms. The Morgan fingerprint density at radius 2 is 1.71 bits per heavy atom. The third-order valence-electron chi connectivity index (χ3n) is 8.74. The van der Waals surface area contributed by atoms with Gasteiger partial charge in [-0.1, -0.05) is 0 Å². The van der Waals surface area contributed by atoms with E-state index >= 15 is 0 Å². The van der Waals surface area contributed by atoms with Crippen molar-refractivity contribution in [1.29, 1.82) is 0 Å². The minimum atomic E-state index is -2.65. The fourth-order valence-electron chi connectivity index (χ4n) is 6.47.